The molecule has 1 N–H and O–H groups in total. The lowest BCUT2D eigenvalue weighted by atomic mass is 10.2. The summed E-state index contributed by atoms with van der Waals surface area (Å²) >= 11 is 1.64. The number of rotatable bonds is 4. The summed E-state index contributed by atoms with van der Waals surface area (Å²) in [5.74, 6) is -0.416. The molecule has 1 aromatic heterocycles. The highest BCUT2D eigenvalue weighted by Gasteiger charge is 2.29. The zero-order valence-corrected chi connectivity index (χ0v) is 16.4. The molecular formula is C20H20N2O3S2. The molecule has 2 heterocycles. The number of piperidine rings is 1. The SMILES string of the molecule is O=C(Nc1ccc2sccc2c1)c1ccccc1S(=O)(=O)N1CCCCC1. The van der Waals surface area contributed by atoms with Gasteiger partial charge in [0.25, 0.3) is 5.91 Å². The van der Waals surface area contributed by atoms with Crippen molar-refractivity contribution >= 4 is 43.0 Å². The molecule has 1 fully saturated rings. The fourth-order valence-electron chi connectivity index (χ4n) is 3.37. The fraction of sp³-hybridized carbons (Fsp3) is 0.250. The average molecular weight is 401 g/mol. The minimum Gasteiger partial charge on any atom is -0.322 e. The van der Waals surface area contributed by atoms with Gasteiger partial charge in [0.05, 0.1) is 10.5 Å². The molecule has 3 aromatic rings. The van der Waals surface area contributed by atoms with Crippen molar-refractivity contribution in [1.82, 2.24) is 4.31 Å². The Morgan fingerprint density at radius 3 is 2.59 bits per heavy atom. The maximum atomic E-state index is 13.1. The summed E-state index contributed by atoms with van der Waals surface area (Å²) in [5.41, 5.74) is 0.824. The first-order valence-electron chi connectivity index (χ1n) is 8.93. The van der Waals surface area contributed by atoms with E-state index in [4.69, 9.17) is 0 Å². The van der Waals surface area contributed by atoms with Gasteiger partial charge in [0.1, 0.15) is 0 Å². The van der Waals surface area contributed by atoms with Gasteiger partial charge in [0.2, 0.25) is 10.0 Å². The topological polar surface area (TPSA) is 66.5 Å². The van der Waals surface area contributed by atoms with E-state index in [1.165, 1.54) is 10.4 Å². The van der Waals surface area contributed by atoms with Crippen LogP contribution >= 0.6 is 11.3 Å². The molecule has 1 amide bonds. The summed E-state index contributed by atoms with van der Waals surface area (Å²) < 4.78 is 28.7. The number of anilines is 1. The molecule has 0 radical (unpaired) electrons. The number of thiophene rings is 1. The van der Waals surface area contributed by atoms with Crippen molar-refractivity contribution in [2.75, 3.05) is 18.4 Å². The van der Waals surface area contributed by atoms with Crippen LogP contribution in [0.25, 0.3) is 10.1 Å². The fourth-order valence-corrected chi connectivity index (χ4v) is 5.84. The van der Waals surface area contributed by atoms with Crippen LogP contribution in [0.15, 0.2) is 58.8 Å². The highest BCUT2D eigenvalue weighted by atomic mass is 32.2. The first kappa shape index (κ1) is 18.2. The van der Waals surface area contributed by atoms with Gasteiger partial charge in [-0.15, -0.1) is 11.3 Å². The van der Waals surface area contributed by atoms with Crippen molar-refractivity contribution in [3.63, 3.8) is 0 Å². The number of nitrogens with zero attached hydrogens (tertiary/aromatic N) is 1. The van der Waals surface area contributed by atoms with E-state index in [9.17, 15) is 13.2 Å². The van der Waals surface area contributed by atoms with Crippen LogP contribution in [0, 0.1) is 0 Å². The van der Waals surface area contributed by atoms with Crippen molar-refractivity contribution in [2.24, 2.45) is 0 Å². The quantitative estimate of drug-likeness (QED) is 0.709. The lowest BCUT2D eigenvalue weighted by Crippen LogP contribution is -2.36. The molecule has 0 atom stereocenters. The van der Waals surface area contributed by atoms with Gasteiger partial charge in [-0.05, 0) is 60.0 Å². The van der Waals surface area contributed by atoms with E-state index in [1.807, 2.05) is 29.6 Å². The standard InChI is InChI=1S/C20H20N2O3S2/c23-20(21-16-8-9-18-15(14-16)10-13-26-18)17-6-2-3-7-19(17)27(24,25)22-11-4-1-5-12-22/h2-3,6-10,13-14H,1,4-5,11-12H2,(H,21,23). The summed E-state index contributed by atoms with van der Waals surface area (Å²) in [6.45, 7) is 1.01. The van der Waals surface area contributed by atoms with E-state index in [0.717, 1.165) is 29.3 Å². The predicted molar refractivity (Wildman–Crippen MR) is 109 cm³/mol. The minimum atomic E-state index is -3.68. The highest BCUT2D eigenvalue weighted by Crippen LogP contribution is 2.26. The Kier molecular flexibility index (Phi) is 4.99. The Morgan fingerprint density at radius 2 is 1.78 bits per heavy atom. The number of benzene rings is 2. The van der Waals surface area contributed by atoms with Crippen molar-refractivity contribution in [1.29, 1.82) is 0 Å². The summed E-state index contributed by atoms with van der Waals surface area (Å²) in [5, 5.41) is 5.88. The molecule has 1 aliphatic rings. The van der Waals surface area contributed by atoms with Crippen LogP contribution in [0.4, 0.5) is 5.69 Å². The number of hydrogen-bond donors (Lipinski definition) is 1. The zero-order chi connectivity index (χ0) is 18.9. The molecule has 0 spiro atoms. The summed E-state index contributed by atoms with van der Waals surface area (Å²) in [6, 6.07) is 14.1. The molecule has 0 unspecified atom stereocenters. The molecule has 140 valence electrons. The van der Waals surface area contributed by atoms with Crippen LogP contribution in [0.2, 0.25) is 0 Å². The van der Waals surface area contributed by atoms with E-state index in [1.54, 1.807) is 29.5 Å². The molecule has 0 bridgehead atoms. The van der Waals surface area contributed by atoms with Gasteiger partial charge in [-0.2, -0.15) is 4.31 Å². The Balaban J connectivity index is 1.64. The lowest BCUT2D eigenvalue weighted by molar-refractivity contribution is 0.102. The first-order valence-corrected chi connectivity index (χ1v) is 11.3. The summed E-state index contributed by atoms with van der Waals surface area (Å²) in [6.07, 6.45) is 2.75. The molecule has 5 nitrogen and oxygen atoms in total. The second kappa shape index (κ2) is 7.42. The van der Waals surface area contributed by atoms with Gasteiger partial charge in [-0.1, -0.05) is 18.6 Å². The second-order valence-corrected chi connectivity index (χ2v) is 9.44. The third-order valence-corrected chi connectivity index (χ3v) is 7.63. The summed E-state index contributed by atoms with van der Waals surface area (Å²) in [4.78, 5) is 12.9. The third-order valence-electron chi connectivity index (χ3n) is 4.77. The first-order chi connectivity index (χ1) is 13.1. The van der Waals surface area contributed by atoms with Crippen LogP contribution in [0.5, 0.6) is 0 Å². The number of hydrogen-bond acceptors (Lipinski definition) is 4. The second-order valence-electron chi connectivity index (χ2n) is 6.59. The van der Waals surface area contributed by atoms with Gasteiger partial charge >= 0.3 is 0 Å². The van der Waals surface area contributed by atoms with Crippen LogP contribution in [0.3, 0.4) is 0 Å². The Morgan fingerprint density at radius 1 is 1.00 bits per heavy atom. The van der Waals surface area contributed by atoms with E-state index < -0.39 is 15.9 Å². The molecular weight excluding hydrogens is 380 g/mol. The number of carbonyl (C=O) groups is 1. The van der Waals surface area contributed by atoms with Gasteiger partial charge < -0.3 is 5.32 Å². The number of amides is 1. The van der Waals surface area contributed by atoms with Crippen molar-refractivity contribution < 1.29 is 13.2 Å². The van der Waals surface area contributed by atoms with E-state index in [2.05, 4.69) is 5.32 Å². The molecule has 0 saturated carbocycles. The predicted octanol–water partition coefficient (Wildman–Crippen LogP) is 4.33. The van der Waals surface area contributed by atoms with E-state index >= 15 is 0 Å². The zero-order valence-electron chi connectivity index (χ0n) is 14.7. The number of fused-ring (bicyclic) bond motifs is 1. The highest BCUT2D eigenvalue weighted by molar-refractivity contribution is 7.89. The molecule has 7 heteroatoms. The van der Waals surface area contributed by atoms with E-state index in [-0.39, 0.29) is 10.5 Å². The van der Waals surface area contributed by atoms with E-state index in [0.29, 0.717) is 18.8 Å². The maximum Gasteiger partial charge on any atom is 0.257 e. The molecule has 4 rings (SSSR count). The maximum absolute atomic E-state index is 13.1. The molecule has 1 saturated heterocycles. The van der Waals surface area contributed by atoms with Gasteiger partial charge in [0.15, 0.2) is 0 Å². The largest absolute Gasteiger partial charge is 0.322 e. The number of sulfonamides is 1. The lowest BCUT2D eigenvalue weighted by Gasteiger charge is -2.26. The summed E-state index contributed by atoms with van der Waals surface area (Å²) in [7, 11) is -3.68. The Labute approximate surface area is 162 Å². The molecule has 2 aromatic carbocycles. The van der Waals surface area contributed by atoms with Crippen molar-refractivity contribution in [2.45, 2.75) is 24.2 Å². The minimum absolute atomic E-state index is 0.0704. The Hall–Kier alpha value is -2.22. The van der Waals surface area contributed by atoms with Crippen LogP contribution in [-0.2, 0) is 10.0 Å². The monoisotopic (exact) mass is 400 g/mol. The normalized spacial score (nSPS) is 15.7. The van der Waals surface area contributed by atoms with Crippen LogP contribution in [0.1, 0.15) is 29.6 Å². The average Bonchev–Trinajstić information content (AvgIpc) is 3.16. The van der Waals surface area contributed by atoms with Gasteiger partial charge in [-0.3, -0.25) is 4.79 Å². The molecule has 1 aliphatic heterocycles. The van der Waals surface area contributed by atoms with Crippen LogP contribution in [-0.4, -0.2) is 31.7 Å². The molecule has 0 aliphatic carbocycles. The van der Waals surface area contributed by atoms with Crippen molar-refractivity contribution in [3.8, 4) is 0 Å². The van der Waals surface area contributed by atoms with Gasteiger partial charge in [0, 0.05) is 23.5 Å². The van der Waals surface area contributed by atoms with Crippen LogP contribution < -0.4 is 5.32 Å². The molecule has 27 heavy (non-hydrogen) atoms. The van der Waals surface area contributed by atoms with Crippen molar-refractivity contribution in [3.05, 3.63) is 59.5 Å². The Bertz CT molecular complexity index is 1080. The number of nitrogens with one attached hydrogen (secondary N) is 1. The smallest absolute Gasteiger partial charge is 0.257 e. The number of carbonyl (C=O) groups excluding carboxylic acids is 1. The third kappa shape index (κ3) is 3.63. The van der Waals surface area contributed by atoms with Gasteiger partial charge in [-0.25, -0.2) is 8.42 Å².